The van der Waals surface area contributed by atoms with Crippen LogP contribution in [0.3, 0.4) is 0 Å². The number of ether oxygens (including phenoxy) is 1. The van der Waals surface area contributed by atoms with Crippen molar-refractivity contribution in [3.63, 3.8) is 0 Å². The van der Waals surface area contributed by atoms with Crippen LogP contribution in [0.25, 0.3) is 0 Å². The number of halogens is 1. The predicted octanol–water partition coefficient (Wildman–Crippen LogP) is 1.73. The van der Waals surface area contributed by atoms with Crippen LogP contribution in [-0.2, 0) is 19.1 Å². The second-order valence-corrected chi connectivity index (χ2v) is 6.87. The highest BCUT2D eigenvalue weighted by Gasteiger charge is 2.30. The van der Waals surface area contributed by atoms with E-state index in [1.807, 2.05) is 31.2 Å². The van der Waals surface area contributed by atoms with Gasteiger partial charge >= 0.3 is 5.97 Å². The number of carbonyl (C=O) groups is 3. The van der Waals surface area contributed by atoms with Crippen LogP contribution in [0.2, 0.25) is 0 Å². The normalized spacial score (nSPS) is 15.8. The van der Waals surface area contributed by atoms with Gasteiger partial charge in [-0.25, -0.2) is 4.90 Å². The molecule has 1 fully saturated rings. The Bertz CT molecular complexity index is 576. The number of hydrogen-bond acceptors (Lipinski definition) is 6. The summed E-state index contributed by atoms with van der Waals surface area (Å²) in [5.41, 5.74) is 0. The molecule has 1 aliphatic rings. The number of benzene rings is 1. The molecule has 2 rings (SSSR count). The van der Waals surface area contributed by atoms with E-state index in [4.69, 9.17) is 4.74 Å². The highest BCUT2D eigenvalue weighted by molar-refractivity contribution is 9.10. The van der Waals surface area contributed by atoms with Gasteiger partial charge in [-0.15, -0.1) is 11.8 Å². The number of carbonyl (C=O) groups excluding carboxylic acids is 3. The van der Waals surface area contributed by atoms with Gasteiger partial charge in [-0.2, -0.15) is 0 Å². The maximum atomic E-state index is 11.9. The number of nitrogens with zero attached hydrogens (tertiary/aromatic N) is 2. The van der Waals surface area contributed by atoms with E-state index in [-0.39, 0.29) is 37.4 Å². The number of likely N-dealkylation sites (N-methyl/N-ethyl adjacent to an activating group) is 1. The first-order valence-corrected chi connectivity index (χ1v) is 8.87. The number of imide groups is 1. The Morgan fingerprint density at radius 3 is 2.39 bits per heavy atom. The van der Waals surface area contributed by atoms with E-state index < -0.39 is 5.97 Å². The summed E-state index contributed by atoms with van der Waals surface area (Å²) >= 11 is 4.68. The first kappa shape index (κ1) is 18.0. The molecule has 0 N–H and O–H groups in total. The molecule has 1 aromatic carbocycles. The lowest BCUT2D eigenvalue weighted by Crippen LogP contribution is -2.54. The summed E-state index contributed by atoms with van der Waals surface area (Å²) in [6.45, 7) is 2.56. The Hall–Kier alpha value is -1.38. The highest BCUT2D eigenvalue weighted by Crippen LogP contribution is 2.20. The summed E-state index contributed by atoms with van der Waals surface area (Å²) in [4.78, 5) is 39.1. The maximum absolute atomic E-state index is 11.9. The van der Waals surface area contributed by atoms with E-state index in [1.165, 1.54) is 11.8 Å². The van der Waals surface area contributed by atoms with Gasteiger partial charge in [-0.3, -0.25) is 19.3 Å². The van der Waals surface area contributed by atoms with Crippen LogP contribution in [-0.4, -0.2) is 59.7 Å². The number of hydrogen-bond donors (Lipinski definition) is 0. The van der Waals surface area contributed by atoms with Crippen LogP contribution < -0.4 is 0 Å². The SMILES string of the molecule is CCN1CC(=O)N(COC(=O)CSc2ccc(Br)cc2)C(=O)C1. The van der Waals surface area contributed by atoms with Gasteiger partial charge in [0.25, 0.3) is 0 Å². The first-order chi connectivity index (χ1) is 11.0. The fourth-order valence-electron chi connectivity index (χ4n) is 1.97. The van der Waals surface area contributed by atoms with E-state index in [0.717, 1.165) is 14.3 Å². The van der Waals surface area contributed by atoms with E-state index in [9.17, 15) is 14.4 Å². The number of amides is 2. The molecule has 2 amide bonds. The standard InChI is InChI=1S/C15H17BrN2O4S/c1-2-17-7-13(19)18(14(20)8-17)10-22-15(21)9-23-12-5-3-11(16)4-6-12/h3-6H,2,7-10H2,1H3. The molecule has 0 aliphatic carbocycles. The minimum atomic E-state index is -0.462. The van der Waals surface area contributed by atoms with Crippen molar-refractivity contribution in [3.8, 4) is 0 Å². The highest BCUT2D eigenvalue weighted by atomic mass is 79.9. The van der Waals surface area contributed by atoms with Gasteiger partial charge in [0, 0.05) is 9.37 Å². The molecule has 23 heavy (non-hydrogen) atoms. The molecule has 1 aliphatic heterocycles. The van der Waals surface area contributed by atoms with E-state index in [2.05, 4.69) is 15.9 Å². The average molecular weight is 401 g/mol. The predicted molar refractivity (Wildman–Crippen MR) is 89.8 cm³/mol. The molecule has 0 radical (unpaired) electrons. The van der Waals surface area contributed by atoms with Crippen molar-refractivity contribution in [2.45, 2.75) is 11.8 Å². The van der Waals surface area contributed by atoms with Crippen molar-refractivity contribution in [1.82, 2.24) is 9.80 Å². The van der Waals surface area contributed by atoms with Crippen LogP contribution in [0.4, 0.5) is 0 Å². The van der Waals surface area contributed by atoms with Crippen LogP contribution in [0.15, 0.2) is 33.6 Å². The fraction of sp³-hybridized carbons (Fsp3) is 0.400. The molecular weight excluding hydrogens is 384 g/mol. The zero-order valence-corrected chi connectivity index (χ0v) is 15.1. The Morgan fingerprint density at radius 1 is 1.22 bits per heavy atom. The quantitative estimate of drug-likeness (QED) is 0.411. The van der Waals surface area contributed by atoms with E-state index in [0.29, 0.717) is 6.54 Å². The van der Waals surface area contributed by atoms with Crippen molar-refractivity contribution in [1.29, 1.82) is 0 Å². The molecule has 6 nitrogen and oxygen atoms in total. The molecule has 1 saturated heterocycles. The van der Waals surface area contributed by atoms with Gasteiger partial charge in [-0.05, 0) is 30.8 Å². The molecule has 0 aromatic heterocycles. The van der Waals surface area contributed by atoms with Crippen molar-refractivity contribution >= 4 is 45.5 Å². The summed E-state index contributed by atoms with van der Waals surface area (Å²) in [5, 5.41) is 0. The molecule has 0 unspecified atom stereocenters. The molecule has 0 saturated carbocycles. The first-order valence-electron chi connectivity index (χ1n) is 7.09. The fourth-order valence-corrected chi connectivity index (χ4v) is 2.93. The molecule has 0 spiro atoms. The van der Waals surface area contributed by atoms with Crippen molar-refractivity contribution < 1.29 is 19.1 Å². The van der Waals surface area contributed by atoms with Gasteiger partial charge in [0.15, 0.2) is 6.73 Å². The largest absolute Gasteiger partial charge is 0.443 e. The van der Waals surface area contributed by atoms with Gasteiger partial charge in [0.05, 0.1) is 18.8 Å². The monoisotopic (exact) mass is 400 g/mol. The van der Waals surface area contributed by atoms with E-state index >= 15 is 0 Å². The third-order valence-electron chi connectivity index (χ3n) is 3.29. The number of thioether (sulfide) groups is 1. The Labute approximate surface area is 147 Å². The summed E-state index contributed by atoms with van der Waals surface area (Å²) in [6.07, 6.45) is 0. The average Bonchev–Trinajstić information content (AvgIpc) is 2.53. The molecule has 0 atom stereocenters. The molecule has 1 heterocycles. The Kier molecular flexibility index (Phi) is 6.61. The maximum Gasteiger partial charge on any atom is 0.318 e. The molecule has 1 aromatic rings. The molecule has 8 heteroatoms. The Morgan fingerprint density at radius 2 is 1.83 bits per heavy atom. The zero-order valence-electron chi connectivity index (χ0n) is 12.7. The van der Waals surface area contributed by atoms with E-state index in [1.54, 1.807) is 4.90 Å². The molecule has 124 valence electrons. The number of piperazine rings is 1. The second kappa shape index (κ2) is 8.47. The second-order valence-electron chi connectivity index (χ2n) is 4.91. The van der Waals surface area contributed by atoms with Gasteiger partial charge in [0.2, 0.25) is 11.8 Å². The van der Waals surface area contributed by atoms with Crippen LogP contribution in [0, 0.1) is 0 Å². The zero-order chi connectivity index (χ0) is 16.8. The van der Waals surface area contributed by atoms with Crippen molar-refractivity contribution in [3.05, 3.63) is 28.7 Å². The summed E-state index contributed by atoms with van der Waals surface area (Å²) < 4.78 is 6.00. The smallest absolute Gasteiger partial charge is 0.318 e. The number of esters is 1. The van der Waals surface area contributed by atoms with Crippen molar-refractivity contribution in [2.24, 2.45) is 0 Å². The van der Waals surface area contributed by atoms with Crippen molar-refractivity contribution in [2.75, 3.05) is 32.1 Å². The van der Waals surface area contributed by atoms with Crippen LogP contribution in [0.1, 0.15) is 6.92 Å². The lowest BCUT2D eigenvalue weighted by molar-refractivity contribution is -0.162. The van der Waals surface area contributed by atoms with Gasteiger partial charge in [-0.1, -0.05) is 22.9 Å². The molecule has 0 bridgehead atoms. The lowest BCUT2D eigenvalue weighted by Gasteiger charge is -2.31. The van der Waals surface area contributed by atoms with Crippen LogP contribution >= 0.6 is 27.7 Å². The topological polar surface area (TPSA) is 66.9 Å². The Balaban J connectivity index is 1.76. The summed E-state index contributed by atoms with van der Waals surface area (Å²) in [6, 6.07) is 7.55. The van der Waals surface area contributed by atoms with Crippen LogP contribution in [0.5, 0.6) is 0 Å². The minimum absolute atomic E-state index is 0.124. The summed E-state index contributed by atoms with van der Waals surface area (Å²) in [5.74, 6) is -1.01. The minimum Gasteiger partial charge on any atom is -0.443 e. The van der Waals surface area contributed by atoms with Gasteiger partial charge in [0.1, 0.15) is 0 Å². The van der Waals surface area contributed by atoms with Gasteiger partial charge < -0.3 is 4.74 Å². The third-order valence-corrected chi connectivity index (χ3v) is 4.81. The summed E-state index contributed by atoms with van der Waals surface area (Å²) in [7, 11) is 0. The lowest BCUT2D eigenvalue weighted by atomic mass is 10.3. The third kappa shape index (κ3) is 5.33. The molecular formula is C15H17BrN2O4S. The number of rotatable bonds is 6.